The van der Waals surface area contributed by atoms with Crippen LogP contribution in [0, 0.1) is 0 Å². The van der Waals surface area contributed by atoms with E-state index in [2.05, 4.69) is 48.5 Å². The third-order valence-electron chi connectivity index (χ3n) is 7.37. The summed E-state index contributed by atoms with van der Waals surface area (Å²) in [6.07, 6.45) is 1.75. The van der Waals surface area contributed by atoms with Gasteiger partial charge < -0.3 is 14.3 Å². The minimum Gasteiger partial charge on any atom is -0.489 e. The third-order valence-corrected chi connectivity index (χ3v) is 7.37. The first kappa shape index (κ1) is 26.6. The first-order chi connectivity index (χ1) is 19.0. The van der Waals surface area contributed by atoms with E-state index in [0.717, 1.165) is 29.7 Å². The zero-order chi connectivity index (χ0) is 27.1. The summed E-state index contributed by atoms with van der Waals surface area (Å²) in [6, 6.07) is 34.5. The number of ether oxygens (including phenoxy) is 2. The summed E-state index contributed by atoms with van der Waals surface area (Å²) in [5.41, 5.74) is 6.06. The fraction of sp³-hybridized carbons (Fsp3) is 0.265. The van der Waals surface area contributed by atoms with Crippen molar-refractivity contribution in [2.24, 2.45) is 0 Å². The molecule has 0 aliphatic heterocycles. The number of halogens is 2. The Morgan fingerprint density at radius 1 is 0.795 bits per heavy atom. The molecule has 0 N–H and O–H groups in total. The van der Waals surface area contributed by atoms with E-state index in [9.17, 15) is 13.6 Å². The number of carbonyl (C=O) groups is 1. The number of rotatable bonds is 11. The smallest absolute Gasteiger partial charge is 0.281 e. The minimum atomic E-state index is -3.04. The molecule has 0 radical (unpaired) electrons. The largest absolute Gasteiger partial charge is 0.489 e. The number of hydrogen-bond donors (Lipinski definition) is 0. The lowest BCUT2D eigenvalue weighted by Crippen LogP contribution is -2.25. The van der Waals surface area contributed by atoms with Crippen LogP contribution in [0.1, 0.15) is 58.9 Å². The van der Waals surface area contributed by atoms with Crippen LogP contribution in [0.4, 0.5) is 8.78 Å². The zero-order valence-electron chi connectivity index (χ0n) is 21.8. The molecule has 0 amide bonds. The van der Waals surface area contributed by atoms with Crippen molar-refractivity contribution in [2.45, 2.75) is 50.0 Å². The first-order valence-electron chi connectivity index (χ1n) is 13.4. The van der Waals surface area contributed by atoms with E-state index < -0.39 is 19.0 Å². The molecule has 1 aliphatic rings. The Hall–Kier alpha value is -3.99. The van der Waals surface area contributed by atoms with Gasteiger partial charge in [0, 0.05) is 18.8 Å². The van der Waals surface area contributed by atoms with E-state index >= 15 is 0 Å². The maximum atomic E-state index is 14.0. The van der Waals surface area contributed by atoms with Gasteiger partial charge in [0.15, 0.2) is 6.61 Å². The lowest BCUT2D eigenvalue weighted by atomic mass is 9.69. The van der Waals surface area contributed by atoms with Gasteiger partial charge in [-0.3, -0.25) is 0 Å². The molecule has 1 unspecified atom stereocenters. The number of hydrogen-bond acceptors (Lipinski definition) is 3. The Morgan fingerprint density at radius 2 is 1.49 bits per heavy atom. The highest BCUT2D eigenvalue weighted by molar-refractivity contribution is 5.49. The Morgan fingerprint density at radius 3 is 2.21 bits per heavy atom. The van der Waals surface area contributed by atoms with Gasteiger partial charge in [-0.2, -0.15) is 0 Å². The summed E-state index contributed by atoms with van der Waals surface area (Å²) in [5.74, 6) is -1.40. The van der Waals surface area contributed by atoms with Gasteiger partial charge in [0.1, 0.15) is 24.4 Å². The molecule has 3 nitrogen and oxygen atoms in total. The van der Waals surface area contributed by atoms with Crippen molar-refractivity contribution in [2.75, 3.05) is 6.61 Å². The van der Waals surface area contributed by atoms with E-state index in [1.54, 1.807) is 12.1 Å². The number of alkyl halides is 2. The summed E-state index contributed by atoms with van der Waals surface area (Å²) >= 11 is 0. The molecule has 4 aromatic rings. The van der Waals surface area contributed by atoms with E-state index in [1.807, 2.05) is 42.5 Å². The monoisotopic (exact) mass is 526 g/mol. The molecule has 5 rings (SSSR count). The van der Waals surface area contributed by atoms with Gasteiger partial charge in [-0.05, 0) is 70.8 Å². The minimum absolute atomic E-state index is 0.113. The predicted molar refractivity (Wildman–Crippen MR) is 149 cm³/mol. The van der Waals surface area contributed by atoms with Crippen LogP contribution in [0.25, 0.3) is 0 Å². The predicted octanol–water partition coefficient (Wildman–Crippen LogP) is 8.12. The molecule has 0 bridgehead atoms. The van der Waals surface area contributed by atoms with E-state index in [1.165, 1.54) is 16.7 Å². The molecule has 0 aromatic heterocycles. The molecule has 0 fully saturated rings. The van der Waals surface area contributed by atoms with Crippen LogP contribution in [-0.4, -0.2) is 18.8 Å². The van der Waals surface area contributed by atoms with Crippen molar-refractivity contribution in [3.05, 3.63) is 131 Å². The summed E-state index contributed by atoms with van der Waals surface area (Å²) in [5, 5.41) is 0. The molecular formula is C34H32F2O3. The van der Waals surface area contributed by atoms with Crippen LogP contribution >= 0.6 is 0 Å². The molecular weight excluding hydrogens is 494 g/mol. The van der Waals surface area contributed by atoms with Gasteiger partial charge >= 0.3 is 0 Å². The van der Waals surface area contributed by atoms with Crippen LogP contribution in [-0.2, 0) is 17.8 Å². The molecule has 39 heavy (non-hydrogen) atoms. The van der Waals surface area contributed by atoms with Crippen molar-refractivity contribution in [3.8, 4) is 11.5 Å². The molecule has 1 aliphatic carbocycles. The van der Waals surface area contributed by atoms with Gasteiger partial charge in [-0.25, -0.2) is 8.78 Å². The standard InChI is InChI=1S/C34H32F2O3/c35-34(36,20-7-21-37)24-39-29-15-12-27(13-16-29)33-31(26-10-5-2-6-11-26)18-14-28-22-30(17-19-32(28)33)38-23-25-8-3-1-4-9-25/h1-6,8-13,15-17,19,21-22,31,33H,7,14,18,20,23-24H2/t31-,33?/m1/s1. The molecule has 4 aromatic carbocycles. The Labute approximate surface area is 228 Å². The number of benzene rings is 4. The second-order valence-corrected chi connectivity index (χ2v) is 10.1. The normalized spacial score (nSPS) is 16.8. The number of aryl methyl sites for hydroxylation is 1. The molecule has 5 heteroatoms. The number of aldehydes is 1. The van der Waals surface area contributed by atoms with Crippen LogP contribution in [0.15, 0.2) is 103 Å². The topological polar surface area (TPSA) is 35.5 Å². The molecule has 200 valence electrons. The highest BCUT2D eigenvalue weighted by Gasteiger charge is 2.33. The average molecular weight is 527 g/mol. The summed E-state index contributed by atoms with van der Waals surface area (Å²) < 4.78 is 39.4. The highest BCUT2D eigenvalue weighted by atomic mass is 19.3. The van der Waals surface area contributed by atoms with Crippen molar-refractivity contribution in [1.82, 2.24) is 0 Å². The Bertz CT molecular complexity index is 1350. The number of fused-ring (bicyclic) bond motifs is 1. The quantitative estimate of drug-likeness (QED) is 0.185. The zero-order valence-corrected chi connectivity index (χ0v) is 21.8. The van der Waals surface area contributed by atoms with Gasteiger partial charge in [0.2, 0.25) is 0 Å². The van der Waals surface area contributed by atoms with Crippen molar-refractivity contribution >= 4 is 6.29 Å². The molecule has 0 saturated carbocycles. The van der Waals surface area contributed by atoms with E-state index in [4.69, 9.17) is 9.47 Å². The van der Waals surface area contributed by atoms with Crippen LogP contribution in [0.3, 0.4) is 0 Å². The van der Waals surface area contributed by atoms with Gasteiger partial charge in [-0.15, -0.1) is 0 Å². The van der Waals surface area contributed by atoms with E-state index in [-0.39, 0.29) is 18.3 Å². The molecule has 0 saturated heterocycles. The fourth-order valence-corrected chi connectivity index (χ4v) is 5.40. The Kier molecular flexibility index (Phi) is 8.36. The summed E-state index contributed by atoms with van der Waals surface area (Å²) in [7, 11) is 0. The second kappa shape index (κ2) is 12.2. The van der Waals surface area contributed by atoms with Gasteiger partial charge in [-0.1, -0.05) is 78.9 Å². The average Bonchev–Trinajstić information content (AvgIpc) is 2.98. The molecule has 2 atom stereocenters. The lowest BCUT2D eigenvalue weighted by molar-refractivity contribution is -0.110. The van der Waals surface area contributed by atoms with Gasteiger partial charge in [0.25, 0.3) is 5.92 Å². The van der Waals surface area contributed by atoms with E-state index in [0.29, 0.717) is 18.6 Å². The van der Waals surface area contributed by atoms with Gasteiger partial charge in [0.05, 0.1) is 0 Å². The second-order valence-electron chi connectivity index (χ2n) is 10.1. The maximum absolute atomic E-state index is 14.0. The third kappa shape index (κ3) is 6.72. The van der Waals surface area contributed by atoms with Crippen molar-refractivity contribution < 1.29 is 23.0 Å². The van der Waals surface area contributed by atoms with Crippen LogP contribution in [0.2, 0.25) is 0 Å². The number of carbonyl (C=O) groups excluding carboxylic acids is 1. The van der Waals surface area contributed by atoms with Crippen LogP contribution < -0.4 is 9.47 Å². The maximum Gasteiger partial charge on any atom is 0.281 e. The lowest BCUT2D eigenvalue weighted by Gasteiger charge is -2.35. The summed E-state index contributed by atoms with van der Waals surface area (Å²) in [6.45, 7) is -0.226. The highest BCUT2D eigenvalue weighted by Crippen LogP contribution is 2.47. The molecule has 0 heterocycles. The van der Waals surface area contributed by atoms with Crippen molar-refractivity contribution in [1.29, 1.82) is 0 Å². The first-order valence-corrected chi connectivity index (χ1v) is 13.4. The molecule has 0 spiro atoms. The Balaban J connectivity index is 1.38. The SMILES string of the molecule is O=CCCC(F)(F)COc1ccc(C2c3ccc(OCc4ccccc4)cc3CC[C@@H]2c2ccccc2)cc1. The summed E-state index contributed by atoms with van der Waals surface area (Å²) in [4.78, 5) is 10.5. The van der Waals surface area contributed by atoms with Crippen LogP contribution in [0.5, 0.6) is 11.5 Å². The fourth-order valence-electron chi connectivity index (χ4n) is 5.40. The van der Waals surface area contributed by atoms with Crippen molar-refractivity contribution in [3.63, 3.8) is 0 Å².